The van der Waals surface area contributed by atoms with Crippen molar-refractivity contribution >= 4 is 34.1 Å². The second kappa shape index (κ2) is 17.5. The van der Waals surface area contributed by atoms with Gasteiger partial charge in [-0.1, -0.05) is 133 Å². The molecule has 2 heterocycles. The first kappa shape index (κ1) is 38.6. The van der Waals surface area contributed by atoms with E-state index in [9.17, 15) is 9.59 Å². The van der Waals surface area contributed by atoms with Crippen LogP contribution in [0.2, 0.25) is 0 Å². The van der Waals surface area contributed by atoms with E-state index in [-0.39, 0.29) is 48.2 Å². The Morgan fingerprint density at radius 2 is 1.08 bits per heavy atom. The maximum Gasteiger partial charge on any atom is 0.514 e. The van der Waals surface area contributed by atoms with Crippen LogP contribution in [0.4, 0.5) is 4.79 Å². The molecule has 0 amide bonds. The number of hydrogen-bond donors (Lipinski definition) is 0. The van der Waals surface area contributed by atoms with Crippen molar-refractivity contribution in [3.8, 4) is 45.6 Å². The van der Waals surface area contributed by atoms with Gasteiger partial charge in [-0.15, -0.1) is 0 Å². The van der Waals surface area contributed by atoms with Crippen LogP contribution in [-0.4, -0.2) is 18.6 Å². The standard InChI is InChI=1S/C50H38O11/c1-32(51)57-50-60-46-43(37-22-24-38(25-23-37)53-28-33-14-6-2-7-15-33)45(59-49(52)56-31-36-20-12-5-13-21-36)47-44(48(46)61-50)39-26-41(54-29-34-16-8-3-9-17-34)42(27-40(39)58-47)55-30-35-18-10-4-11-19-35/h2-27,50H,28-31H2,1H3. The summed E-state index contributed by atoms with van der Waals surface area (Å²) in [6.45, 7) is 0.592. The molecule has 304 valence electrons. The van der Waals surface area contributed by atoms with Gasteiger partial charge in [0.25, 0.3) is 0 Å². The number of carbonyl (C=O) groups excluding carboxylic acids is 2. The van der Waals surface area contributed by atoms with Gasteiger partial charge in [0.05, 0.1) is 10.9 Å². The van der Waals surface area contributed by atoms with E-state index in [0.717, 1.165) is 22.3 Å². The minimum Gasteiger partial charge on any atom is -0.489 e. The summed E-state index contributed by atoms with van der Waals surface area (Å²) < 4.78 is 55.1. The highest BCUT2D eigenvalue weighted by Gasteiger charge is 2.38. The first-order chi connectivity index (χ1) is 29.9. The Morgan fingerprint density at radius 1 is 0.574 bits per heavy atom. The molecule has 0 radical (unpaired) electrons. The quantitative estimate of drug-likeness (QED) is 0.0770. The zero-order chi connectivity index (χ0) is 41.5. The number of hydrogen-bond acceptors (Lipinski definition) is 11. The van der Waals surface area contributed by atoms with Crippen LogP contribution in [0.15, 0.2) is 162 Å². The molecule has 0 spiro atoms. The molecule has 11 nitrogen and oxygen atoms in total. The highest BCUT2D eigenvalue weighted by molar-refractivity contribution is 6.15. The zero-order valence-electron chi connectivity index (χ0n) is 32.9. The van der Waals surface area contributed by atoms with Crippen molar-refractivity contribution in [3.63, 3.8) is 0 Å². The van der Waals surface area contributed by atoms with Gasteiger partial charge in [0.1, 0.15) is 37.8 Å². The van der Waals surface area contributed by atoms with Gasteiger partial charge in [-0.2, -0.15) is 0 Å². The van der Waals surface area contributed by atoms with Crippen molar-refractivity contribution in [3.05, 3.63) is 180 Å². The molecule has 0 fully saturated rings. The van der Waals surface area contributed by atoms with Crippen LogP contribution in [0.3, 0.4) is 0 Å². The van der Waals surface area contributed by atoms with Crippen molar-refractivity contribution in [2.75, 3.05) is 0 Å². The van der Waals surface area contributed by atoms with Crippen LogP contribution >= 0.6 is 0 Å². The number of benzene rings is 7. The molecule has 0 bridgehead atoms. The van der Waals surface area contributed by atoms with Crippen LogP contribution in [0.5, 0.6) is 34.5 Å². The average molecular weight is 815 g/mol. The summed E-state index contributed by atoms with van der Waals surface area (Å²) in [6.07, 6.45) is -0.996. The predicted molar refractivity (Wildman–Crippen MR) is 226 cm³/mol. The number of fused-ring (bicyclic) bond motifs is 5. The Morgan fingerprint density at radius 3 is 1.64 bits per heavy atom. The van der Waals surface area contributed by atoms with E-state index in [1.807, 2.05) is 121 Å². The summed E-state index contributed by atoms with van der Waals surface area (Å²) >= 11 is 0. The van der Waals surface area contributed by atoms with Gasteiger partial charge in [0.15, 0.2) is 34.3 Å². The SMILES string of the molecule is CC(=O)OC1Oc2c(-c3ccc(OCc4ccccc4)cc3)c(OC(=O)OCc3ccccc3)c3oc4cc(OCc5ccccc5)c(OCc5ccccc5)cc4c3c2O1. The third-order valence-corrected chi connectivity index (χ3v) is 9.79. The van der Waals surface area contributed by atoms with Gasteiger partial charge in [-0.05, 0) is 46.0 Å². The van der Waals surface area contributed by atoms with E-state index >= 15 is 0 Å². The zero-order valence-corrected chi connectivity index (χ0v) is 32.9. The number of furan rings is 1. The molecule has 0 N–H and O–H groups in total. The molecule has 0 saturated carbocycles. The molecular weight excluding hydrogens is 777 g/mol. The minimum absolute atomic E-state index is 0.0217. The molecular formula is C50H38O11. The van der Waals surface area contributed by atoms with Gasteiger partial charge in [-0.25, -0.2) is 4.79 Å². The fraction of sp³-hybridized carbons (Fsp3) is 0.120. The lowest BCUT2D eigenvalue weighted by molar-refractivity contribution is -0.192. The lowest BCUT2D eigenvalue weighted by Gasteiger charge is -2.15. The van der Waals surface area contributed by atoms with E-state index in [1.165, 1.54) is 6.92 Å². The smallest absolute Gasteiger partial charge is 0.489 e. The molecule has 1 unspecified atom stereocenters. The lowest BCUT2D eigenvalue weighted by atomic mass is 9.99. The van der Waals surface area contributed by atoms with Gasteiger partial charge in [-0.3, -0.25) is 4.79 Å². The summed E-state index contributed by atoms with van der Waals surface area (Å²) in [4.78, 5) is 25.9. The Hall–Kier alpha value is -7.92. The summed E-state index contributed by atoms with van der Waals surface area (Å²) in [5, 5.41) is 0.892. The maximum atomic E-state index is 13.7. The second-order valence-electron chi connectivity index (χ2n) is 14.1. The molecule has 1 atom stereocenters. The third kappa shape index (κ3) is 8.76. The van der Waals surface area contributed by atoms with Gasteiger partial charge >= 0.3 is 18.6 Å². The molecule has 1 aromatic heterocycles. The van der Waals surface area contributed by atoms with Gasteiger partial charge < -0.3 is 42.3 Å². The van der Waals surface area contributed by atoms with Gasteiger partial charge in [0.2, 0.25) is 0 Å². The van der Waals surface area contributed by atoms with Gasteiger partial charge in [0, 0.05) is 18.4 Å². The third-order valence-electron chi connectivity index (χ3n) is 9.79. The van der Waals surface area contributed by atoms with Crippen molar-refractivity contribution < 1.29 is 51.9 Å². The number of carbonyl (C=O) groups is 2. The minimum atomic E-state index is -1.46. The lowest BCUT2D eigenvalue weighted by Crippen LogP contribution is -2.24. The van der Waals surface area contributed by atoms with Crippen molar-refractivity contribution in [2.24, 2.45) is 0 Å². The van der Waals surface area contributed by atoms with Crippen molar-refractivity contribution in [1.82, 2.24) is 0 Å². The Balaban J connectivity index is 1.18. The molecule has 11 heteroatoms. The Kier molecular flexibility index (Phi) is 11.1. The largest absolute Gasteiger partial charge is 0.514 e. The topological polar surface area (TPSA) is 121 Å². The average Bonchev–Trinajstić information content (AvgIpc) is 3.88. The second-order valence-corrected chi connectivity index (χ2v) is 14.1. The van der Waals surface area contributed by atoms with Crippen molar-refractivity contribution in [2.45, 2.75) is 39.8 Å². The molecule has 1 aliphatic rings. The molecule has 0 aliphatic carbocycles. The van der Waals surface area contributed by atoms with Crippen LogP contribution in [0.25, 0.3) is 33.1 Å². The Bertz CT molecular complexity index is 2790. The predicted octanol–water partition coefficient (Wildman–Crippen LogP) is 11.3. The summed E-state index contributed by atoms with van der Waals surface area (Å²) in [6, 6.07) is 49.2. The van der Waals surface area contributed by atoms with E-state index in [2.05, 4.69) is 0 Å². The normalized spacial score (nSPS) is 12.8. The van der Waals surface area contributed by atoms with E-state index in [4.69, 9.17) is 42.3 Å². The molecule has 9 rings (SSSR count). The molecule has 8 aromatic rings. The van der Waals surface area contributed by atoms with E-state index in [0.29, 0.717) is 45.8 Å². The fourth-order valence-corrected chi connectivity index (χ4v) is 6.90. The van der Waals surface area contributed by atoms with Crippen LogP contribution < -0.4 is 28.4 Å². The number of rotatable bonds is 14. The fourth-order valence-electron chi connectivity index (χ4n) is 6.90. The van der Waals surface area contributed by atoms with E-state index < -0.39 is 18.6 Å². The monoisotopic (exact) mass is 814 g/mol. The highest BCUT2D eigenvalue weighted by Crippen LogP contribution is 2.57. The summed E-state index contributed by atoms with van der Waals surface area (Å²) in [5.74, 6) is 1.10. The van der Waals surface area contributed by atoms with Crippen molar-refractivity contribution in [1.29, 1.82) is 0 Å². The molecule has 1 aliphatic heterocycles. The number of esters is 1. The van der Waals surface area contributed by atoms with Crippen LogP contribution in [0, 0.1) is 0 Å². The van der Waals surface area contributed by atoms with Crippen LogP contribution in [0.1, 0.15) is 29.2 Å². The first-order valence-corrected chi connectivity index (χ1v) is 19.5. The van der Waals surface area contributed by atoms with E-state index in [1.54, 1.807) is 36.4 Å². The highest BCUT2D eigenvalue weighted by atomic mass is 16.9. The number of ether oxygens (including phenoxy) is 8. The summed E-state index contributed by atoms with van der Waals surface area (Å²) in [7, 11) is 0. The summed E-state index contributed by atoms with van der Waals surface area (Å²) in [5.41, 5.74) is 4.98. The Labute approximate surface area is 350 Å². The van der Waals surface area contributed by atoms with Crippen LogP contribution in [-0.2, 0) is 40.7 Å². The first-order valence-electron chi connectivity index (χ1n) is 19.5. The molecule has 7 aromatic carbocycles. The molecule has 0 saturated heterocycles. The molecule has 61 heavy (non-hydrogen) atoms. The maximum absolute atomic E-state index is 13.7.